The Morgan fingerprint density at radius 2 is 1.88 bits per heavy atom. The van der Waals surface area contributed by atoms with Crippen molar-refractivity contribution in [2.45, 2.75) is 5.92 Å². The van der Waals surface area contributed by atoms with Gasteiger partial charge in [0.1, 0.15) is 17.3 Å². The topological polar surface area (TPSA) is 41.6 Å². The number of amides is 1. The highest BCUT2D eigenvalue weighted by molar-refractivity contribution is 5.96. The molecule has 24 heavy (non-hydrogen) atoms. The van der Waals surface area contributed by atoms with Gasteiger partial charge in [0.15, 0.2) is 0 Å². The van der Waals surface area contributed by atoms with E-state index in [0.717, 1.165) is 18.7 Å². The number of fused-ring (bicyclic) bond motifs is 3. The normalized spacial score (nSPS) is 23.2. The molecule has 4 rings (SSSR count). The minimum Gasteiger partial charge on any atom is -0.457 e. The summed E-state index contributed by atoms with van der Waals surface area (Å²) in [6.07, 6.45) is 0. The number of likely N-dealkylation sites (tertiary alicyclic amines) is 1. The molecule has 2 aliphatic heterocycles. The second-order valence-electron chi connectivity index (χ2n) is 6.60. The van der Waals surface area contributed by atoms with Crippen molar-refractivity contribution in [1.29, 1.82) is 0 Å². The van der Waals surface area contributed by atoms with Gasteiger partial charge in [-0.15, -0.1) is 0 Å². The fraction of sp³-hybridized carbons (Fsp3) is 0.316. The van der Waals surface area contributed by atoms with Crippen LogP contribution in [0.3, 0.4) is 0 Å². The molecule has 2 aliphatic rings. The van der Waals surface area contributed by atoms with Crippen molar-refractivity contribution in [3.8, 4) is 11.5 Å². The van der Waals surface area contributed by atoms with Gasteiger partial charge in [0.2, 0.25) is 0 Å². The van der Waals surface area contributed by atoms with Crippen LogP contribution in [-0.4, -0.2) is 37.5 Å². The Bertz CT molecular complexity index is 775. The number of carbonyl (C=O) groups excluding carboxylic acids is 1. The van der Waals surface area contributed by atoms with Crippen LogP contribution in [-0.2, 0) is 0 Å². The average molecular weight is 326 g/mol. The molecule has 2 aromatic carbocycles. The van der Waals surface area contributed by atoms with Gasteiger partial charge in [-0.05, 0) is 54.9 Å². The van der Waals surface area contributed by atoms with Crippen molar-refractivity contribution in [2.24, 2.45) is 5.92 Å². The summed E-state index contributed by atoms with van der Waals surface area (Å²) in [7, 11) is 2.11. The molecule has 0 unspecified atom stereocenters. The van der Waals surface area contributed by atoms with E-state index in [4.69, 9.17) is 4.74 Å². The molecule has 2 heterocycles. The number of likely N-dealkylation sites (N-methyl/N-ethyl adjacent to an activating group) is 1. The molecule has 2 aromatic rings. The molecule has 0 aromatic heterocycles. The standard InChI is InChI=1S/C19H19FN2O2/c1-22-10-12-9-21-19(23)17-8-15(6-7-16(17)18(12)11-22)24-14-4-2-13(20)3-5-14/h2-8,12,18H,9-11H2,1H3,(H,21,23)/t12-,18-/m0/s1. The summed E-state index contributed by atoms with van der Waals surface area (Å²) in [4.78, 5) is 14.7. The molecule has 0 bridgehead atoms. The number of benzene rings is 2. The molecular formula is C19H19FN2O2. The average Bonchev–Trinajstić information content (AvgIpc) is 2.90. The van der Waals surface area contributed by atoms with Crippen molar-refractivity contribution in [2.75, 3.05) is 26.7 Å². The number of halogens is 1. The smallest absolute Gasteiger partial charge is 0.251 e. The van der Waals surface area contributed by atoms with Crippen molar-refractivity contribution < 1.29 is 13.9 Å². The number of nitrogens with zero attached hydrogens (tertiary/aromatic N) is 1. The van der Waals surface area contributed by atoms with E-state index < -0.39 is 0 Å². The third-order valence-corrected chi connectivity index (χ3v) is 4.87. The van der Waals surface area contributed by atoms with Crippen LogP contribution in [0.5, 0.6) is 11.5 Å². The highest BCUT2D eigenvalue weighted by Gasteiger charge is 2.36. The molecule has 1 fully saturated rings. The molecule has 0 radical (unpaired) electrons. The maximum Gasteiger partial charge on any atom is 0.251 e. The zero-order valence-corrected chi connectivity index (χ0v) is 13.5. The third-order valence-electron chi connectivity index (χ3n) is 4.87. The molecule has 5 heteroatoms. The summed E-state index contributed by atoms with van der Waals surface area (Å²) < 4.78 is 18.8. The summed E-state index contributed by atoms with van der Waals surface area (Å²) in [6, 6.07) is 11.5. The summed E-state index contributed by atoms with van der Waals surface area (Å²) in [5, 5.41) is 3.02. The Balaban J connectivity index is 1.66. The van der Waals surface area contributed by atoms with E-state index in [0.29, 0.717) is 35.4 Å². The monoisotopic (exact) mass is 326 g/mol. The lowest BCUT2D eigenvalue weighted by Gasteiger charge is -2.17. The Labute approximate surface area is 140 Å². The van der Waals surface area contributed by atoms with Gasteiger partial charge in [0.25, 0.3) is 5.91 Å². The lowest BCUT2D eigenvalue weighted by Crippen LogP contribution is -2.29. The first-order valence-electron chi connectivity index (χ1n) is 8.14. The van der Waals surface area contributed by atoms with Crippen molar-refractivity contribution in [3.05, 3.63) is 59.4 Å². The maximum absolute atomic E-state index is 13.0. The Morgan fingerprint density at radius 1 is 1.12 bits per heavy atom. The molecule has 2 atom stereocenters. The second-order valence-corrected chi connectivity index (χ2v) is 6.60. The van der Waals surface area contributed by atoms with Gasteiger partial charge in [0.05, 0.1) is 0 Å². The quantitative estimate of drug-likeness (QED) is 0.922. The Hall–Kier alpha value is -2.40. The zero-order chi connectivity index (χ0) is 16.7. The van der Waals surface area contributed by atoms with Gasteiger partial charge in [-0.1, -0.05) is 6.07 Å². The van der Waals surface area contributed by atoms with Crippen LogP contribution in [0.25, 0.3) is 0 Å². The maximum atomic E-state index is 13.0. The Kier molecular flexibility index (Phi) is 3.73. The predicted molar refractivity (Wildman–Crippen MR) is 89.0 cm³/mol. The number of hydrogen-bond acceptors (Lipinski definition) is 3. The number of carbonyl (C=O) groups is 1. The van der Waals surface area contributed by atoms with Crippen LogP contribution in [0.4, 0.5) is 4.39 Å². The SMILES string of the molecule is CN1C[C@@H]2CNC(=O)c3cc(Oc4ccc(F)cc4)ccc3[C@H]2C1. The largest absolute Gasteiger partial charge is 0.457 e. The fourth-order valence-electron chi connectivity index (χ4n) is 3.72. The van der Waals surface area contributed by atoms with Crippen LogP contribution in [0.1, 0.15) is 21.8 Å². The summed E-state index contributed by atoms with van der Waals surface area (Å²) >= 11 is 0. The third kappa shape index (κ3) is 2.76. The van der Waals surface area contributed by atoms with E-state index in [1.807, 2.05) is 12.1 Å². The molecule has 0 spiro atoms. The van der Waals surface area contributed by atoms with Crippen LogP contribution < -0.4 is 10.1 Å². The van der Waals surface area contributed by atoms with Gasteiger partial charge in [-0.3, -0.25) is 4.79 Å². The van der Waals surface area contributed by atoms with E-state index in [2.05, 4.69) is 17.3 Å². The summed E-state index contributed by atoms with van der Waals surface area (Å²) in [5.41, 5.74) is 1.77. The van der Waals surface area contributed by atoms with Crippen LogP contribution in [0, 0.1) is 11.7 Å². The van der Waals surface area contributed by atoms with E-state index >= 15 is 0 Å². The number of rotatable bonds is 2. The number of hydrogen-bond donors (Lipinski definition) is 1. The first-order valence-corrected chi connectivity index (χ1v) is 8.14. The Morgan fingerprint density at radius 3 is 2.67 bits per heavy atom. The predicted octanol–water partition coefficient (Wildman–Crippen LogP) is 3.01. The molecular weight excluding hydrogens is 307 g/mol. The highest BCUT2D eigenvalue weighted by Crippen LogP contribution is 2.37. The van der Waals surface area contributed by atoms with Crippen LogP contribution in [0.15, 0.2) is 42.5 Å². The van der Waals surface area contributed by atoms with Gasteiger partial charge < -0.3 is 15.0 Å². The molecule has 0 aliphatic carbocycles. The van der Waals surface area contributed by atoms with Crippen molar-refractivity contribution in [1.82, 2.24) is 10.2 Å². The first kappa shape index (κ1) is 15.1. The molecule has 1 amide bonds. The lowest BCUT2D eigenvalue weighted by molar-refractivity contribution is 0.0951. The minimum atomic E-state index is -0.306. The molecule has 1 saturated heterocycles. The summed E-state index contributed by atoms with van der Waals surface area (Å²) in [6.45, 7) is 2.67. The molecule has 124 valence electrons. The summed E-state index contributed by atoms with van der Waals surface area (Å²) in [5.74, 6) is 1.59. The van der Waals surface area contributed by atoms with E-state index in [1.165, 1.54) is 12.1 Å². The van der Waals surface area contributed by atoms with Gasteiger partial charge in [0, 0.05) is 31.1 Å². The second kappa shape index (κ2) is 5.91. The van der Waals surface area contributed by atoms with Crippen molar-refractivity contribution in [3.63, 3.8) is 0 Å². The van der Waals surface area contributed by atoms with E-state index in [9.17, 15) is 9.18 Å². The van der Waals surface area contributed by atoms with Gasteiger partial charge in [-0.2, -0.15) is 0 Å². The van der Waals surface area contributed by atoms with Gasteiger partial charge >= 0.3 is 0 Å². The fourth-order valence-corrected chi connectivity index (χ4v) is 3.72. The van der Waals surface area contributed by atoms with E-state index in [1.54, 1.807) is 18.2 Å². The number of nitrogens with one attached hydrogen (secondary N) is 1. The van der Waals surface area contributed by atoms with Crippen molar-refractivity contribution >= 4 is 5.91 Å². The lowest BCUT2D eigenvalue weighted by atomic mass is 9.87. The highest BCUT2D eigenvalue weighted by atomic mass is 19.1. The molecule has 0 saturated carbocycles. The first-order chi connectivity index (χ1) is 11.6. The molecule has 4 nitrogen and oxygen atoms in total. The number of ether oxygens (including phenoxy) is 1. The minimum absolute atomic E-state index is 0.0494. The zero-order valence-electron chi connectivity index (χ0n) is 13.5. The van der Waals surface area contributed by atoms with Gasteiger partial charge in [-0.25, -0.2) is 4.39 Å². The van der Waals surface area contributed by atoms with Crippen LogP contribution >= 0.6 is 0 Å². The van der Waals surface area contributed by atoms with Crippen LogP contribution in [0.2, 0.25) is 0 Å². The molecule has 1 N–H and O–H groups in total. The van der Waals surface area contributed by atoms with E-state index in [-0.39, 0.29) is 11.7 Å².